The molecule has 0 aliphatic carbocycles. The Labute approximate surface area is 317 Å². The molecule has 3 aromatic heterocycles. The lowest BCUT2D eigenvalue weighted by Gasteiger charge is -2.32. The molecule has 55 heavy (non-hydrogen) atoms. The first-order valence-corrected chi connectivity index (χ1v) is 18.7. The quantitative estimate of drug-likeness (QED) is 0.0915. The molecule has 0 radical (unpaired) electrons. The number of benzene rings is 3. The number of hydrogen-bond acceptors (Lipinski definition) is 10. The second-order valence-corrected chi connectivity index (χ2v) is 14.8. The van der Waals surface area contributed by atoms with E-state index in [-0.39, 0.29) is 41.1 Å². The van der Waals surface area contributed by atoms with Crippen LogP contribution < -0.4 is 11.1 Å². The van der Waals surface area contributed by atoms with E-state index in [4.69, 9.17) is 5.73 Å². The summed E-state index contributed by atoms with van der Waals surface area (Å²) < 4.78 is 3.73. The van der Waals surface area contributed by atoms with Crippen molar-refractivity contribution in [1.82, 2.24) is 34.5 Å². The van der Waals surface area contributed by atoms with E-state index in [0.29, 0.717) is 40.5 Å². The lowest BCUT2D eigenvalue weighted by molar-refractivity contribution is 0.0685. The van der Waals surface area contributed by atoms with E-state index in [0.717, 1.165) is 72.9 Å². The van der Waals surface area contributed by atoms with Crippen LogP contribution in [0.5, 0.6) is 17.5 Å². The van der Waals surface area contributed by atoms with Crippen molar-refractivity contribution in [2.75, 3.05) is 13.1 Å². The van der Waals surface area contributed by atoms with Crippen LogP contribution in [0.1, 0.15) is 77.9 Å². The Morgan fingerprint density at radius 1 is 0.964 bits per heavy atom. The number of amides is 1. The third-order valence-electron chi connectivity index (χ3n) is 11.0. The molecular formula is C41H45N9O5. The Morgan fingerprint density at radius 3 is 2.51 bits per heavy atom. The third-order valence-corrected chi connectivity index (χ3v) is 11.0. The topological polar surface area (TPSA) is 203 Å². The van der Waals surface area contributed by atoms with Gasteiger partial charge in [0.2, 0.25) is 0 Å². The predicted octanol–water partition coefficient (Wildman–Crippen LogP) is 5.73. The Kier molecular flexibility index (Phi) is 9.43. The molecule has 6 aromatic rings. The molecule has 14 heteroatoms. The van der Waals surface area contributed by atoms with E-state index in [1.165, 1.54) is 10.6 Å². The number of nitrogens with zero attached hydrogens (tertiary/aromatic N) is 6. The fourth-order valence-corrected chi connectivity index (χ4v) is 7.90. The van der Waals surface area contributed by atoms with E-state index in [1.54, 1.807) is 6.07 Å². The van der Waals surface area contributed by atoms with Gasteiger partial charge in [0.1, 0.15) is 17.3 Å². The molecule has 1 fully saturated rings. The number of aromatic amines is 1. The number of aryl methyl sites for hydroxylation is 3. The second kappa shape index (κ2) is 14.5. The number of rotatable bonds is 10. The molecule has 1 atom stereocenters. The number of aliphatic hydroxyl groups excluding tert-OH is 1. The van der Waals surface area contributed by atoms with Gasteiger partial charge in [-0.1, -0.05) is 31.1 Å². The molecule has 0 bridgehead atoms. The second-order valence-electron chi connectivity index (χ2n) is 14.8. The summed E-state index contributed by atoms with van der Waals surface area (Å²) in [5, 5.41) is 53.9. The molecule has 1 saturated heterocycles. The van der Waals surface area contributed by atoms with E-state index in [2.05, 4.69) is 36.3 Å². The van der Waals surface area contributed by atoms with Crippen LogP contribution in [0.4, 0.5) is 5.82 Å². The number of aromatic nitrogens is 5. The number of phenols is 2. The first kappa shape index (κ1) is 35.7. The molecule has 1 amide bonds. The van der Waals surface area contributed by atoms with Crippen molar-refractivity contribution in [2.24, 2.45) is 16.6 Å². The molecule has 14 nitrogen and oxygen atoms in total. The number of guanidine groups is 1. The third kappa shape index (κ3) is 6.96. The summed E-state index contributed by atoms with van der Waals surface area (Å²) in [6.45, 7) is 6.18. The van der Waals surface area contributed by atoms with Crippen LogP contribution in [-0.2, 0) is 19.4 Å². The minimum atomic E-state index is -0.894. The SMILES string of the molecule is CC(C)c1cc(-c2nnc(O)n2-c2ccc3c(ccn3CCC3CCN(C(=O)c4ccc(CCc5c[nH]c6c5C(O)NC(N)=N6)cc4)CC3)c2)c(O)cc1O. The average Bonchev–Trinajstić information content (AvgIpc) is 3.89. The summed E-state index contributed by atoms with van der Waals surface area (Å²) in [7, 11) is 0. The first-order valence-electron chi connectivity index (χ1n) is 18.7. The monoisotopic (exact) mass is 743 g/mol. The van der Waals surface area contributed by atoms with Crippen LogP contribution in [-0.4, -0.2) is 74.6 Å². The van der Waals surface area contributed by atoms with Gasteiger partial charge in [0.05, 0.1) is 11.3 Å². The summed E-state index contributed by atoms with van der Waals surface area (Å²) >= 11 is 0. The van der Waals surface area contributed by atoms with Gasteiger partial charge in [-0.25, -0.2) is 4.57 Å². The Bertz CT molecular complexity index is 2400. The highest BCUT2D eigenvalue weighted by molar-refractivity contribution is 5.94. The van der Waals surface area contributed by atoms with Gasteiger partial charge in [-0.2, -0.15) is 4.99 Å². The zero-order chi connectivity index (χ0) is 38.4. The number of H-pyrrole nitrogens is 1. The number of aromatic hydroxyl groups is 3. The van der Waals surface area contributed by atoms with Crippen LogP contribution in [0.2, 0.25) is 0 Å². The van der Waals surface area contributed by atoms with Crippen molar-refractivity contribution in [3.05, 3.63) is 101 Å². The Morgan fingerprint density at radius 2 is 1.75 bits per heavy atom. The summed E-state index contributed by atoms with van der Waals surface area (Å²) in [6, 6.07) is 18.4. The molecule has 8 N–H and O–H groups in total. The van der Waals surface area contributed by atoms with Gasteiger partial charge in [-0.15, -0.1) is 5.10 Å². The Hall–Kier alpha value is -6.28. The number of carbonyl (C=O) groups is 1. The molecule has 0 spiro atoms. The van der Waals surface area contributed by atoms with Crippen molar-refractivity contribution in [1.29, 1.82) is 0 Å². The molecule has 2 aliphatic heterocycles. The van der Waals surface area contributed by atoms with Crippen LogP contribution in [0.3, 0.4) is 0 Å². The largest absolute Gasteiger partial charge is 0.508 e. The number of likely N-dealkylation sites (tertiary alicyclic amines) is 1. The Balaban J connectivity index is 0.860. The average molecular weight is 744 g/mol. The fourth-order valence-electron chi connectivity index (χ4n) is 7.90. The summed E-state index contributed by atoms with van der Waals surface area (Å²) in [6.07, 6.45) is 7.39. The van der Waals surface area contributed by atoms with Gasteiger partial charge >= 0.3 is 6.01 Å². The zero-order valence-corrected chi connectivity index (χ0v) is 30.8. The normalized spacial score (nSPS) is 16.0. The summed E-state index contributed by atoms with van der Waals surface area (Å²) in [5.41, 5.74) is 11.9. The summed E-state index contributed by atoms with van der Waals surface area (Å²) in [5.74, 6) is 1.43. The minimum absolute atomic E-state index is 0.00103. The van der Waals surface area contributed by atoms with Gasteiger partial charge in [0.25, 0.3) is 5.91 Å². The fraction of sp³-hybridized carbons (Fsp3) is 0.317. The van der Waals surface area contributed by atoms with Gasteiger partial charge in [0, 0.05) is 60.1 Å². The maximum atomic E-state index is 13.4. The number of phenolic OH excluding ortho intramolecular Hbond substituents is 2. The highest BCUT2D eigenvalue weighted by Gasteiger charge is 2.26. The smallest absolute Gasteiger partial charge is 0.319 e. The van der Waals surface area contributed by atoms with Crippen LogP contribution in [0.15, 0.2) is 78.0 Å². The number of aliphatic imine (C=N–C) groups is 1. The molecule has 0 saturated carbocycles. The van der Waals surface area contributed by atoms with E-state index >= 15 is 0 Å². The lowest BCUT2D eigenvalue weighted by Crippen LogP contribution is -2.38. The highest BCUT2D eigenvalue weighted by atomic mass is 16.3. The molecule has 5 heterocycles. The molecule has 3 aromatic carbocycles. The number of aliphatic hydroxyl groups is 1. The van der Waals surface area contributed by atoms with Crippen molar-refractivity contribution in [3.63, 3.8) is 0 Å². The summed E-state index contributed by atoms with van der Waals surface area (Å²) in [4.78, 5) is 22.7. The number of carbonyl (C=O) groups excluding carboxylic acids is 1. The van der Waals surface area contributed by atoms with Gasteiger partial charge in [-0.3, -0.25) is 4.79 Å². The van der Waals surface area contributed by atoms with Crippen molar-refractivity contribution in [3.8, 4) is 34.6 Å². The zero-order valence-electron chi connectivity index (χ0n) is 30.8. The molecule has 2 aliphatic rings. The van der Waals surface area contributed by atoms with Crippen molar-refractivity contribution in [2.45, 2.75) is 64.6 Å². The van der Waals surface area contributed by atoms with E-state index in [9.17, 15) is 25.2 Å². The van der Waals surface area contributed by atoms with Crippen molar-refractivity contribution < 1.29 is 25.2 Å². The van der Waals surface area contributed by atoms with Gasteiger partial charge in [0.15, 0.2) is 18.0 Å². The maximum absolute atomic E-state index is 13.4. The number of hydrogen-bond donors (Lipinski definition) is 7. The standard InChI is InChI=1S/C41H45N9O5/c1-23(2)30-20-31(34(52)21-33(30)51)37-46-47-41(55)50(37)29-9-10-32-27(19-29)14-18-48(32)15-11-25-12-16-49(17-13-25)39(54)26-6-3-24(4-7-26)5-8-28-22-43-36-35(28)38(53)45-40(42)44-36/h3-4,6-7,9-10,14,18-23,25,38,43,51-53H,5,8,11-13,15-17H2,1-2H3,(H,47,55)(H3,42,44,45). The number of nitrogens with one attached hydrogen (secondary N) is 2. The molecule has 284 valence electrons. The predicted molar refractivity (Wildman–Crippen MR) is 209 cm³/mol. The lowest BCUT2D eigenvalue weighted by atomic mass is 9.93. The highest BCUT2D eigenvalue weighted by Crippen LogP contribution is 2.39. The first-order chi connectivity index (χ1) is 26.5. The van der Waals surface area contributed by atoms with Crippen LogP contribution in [0.25, 0.3) is 28.0 Å². The number of fused-ring (bicyclic) bond motifs is 2. The minimum Gasteiger partial charge on any atom is -0.508 e. The van der Waals surface area contributed by atoms with Crippen LogP contribution in [0, 0.1) is 5.92 Å². The molecular weight excluding hydrogens is 699 g/mol. The number of piperidine rings is 1. The van der Waals surface area contributed by atoms with E-state index < -0.39 is 6.23 Å². The van der Waals surface area contributed by atoms with Crippen molar-refractivity contribution >= 4 is 28.6 Å². The van der Waals surface area contributed by atoms with Crippen LogP contribution >= 0.6 is 0 Å². The molecule has 1 unspecified atom stereocenters. The van der Waals surface area contributed by atoms with Gasteiger partial charge in [-0.05, 0) is 103 Å². The maximum Gasteiger partial charge on any atom is 0.319 e. The van der Waals surface area contributed by atoms with E-state index in [1.807, 2.05) is 73.5 Å². The molecule has 8 rings (SSSR count). The number of nitrogens with two attached hydrogens (primary N) is 1. The van der Waals surface area contributed by atoms with Gasteiger partial charge < -0.3 is 45.9 Å².